The lowest BCUT2D eigenvalue weighted by Crippen LogP contribution is -2.19. The summed E-state index contributed by atoms with van der Waals surface area (Å²) in [5.74, 6) is -1.87. The average molecular weight is 259 g/mol. The minimum atomic E-state index is -4.91. The molecule has 1 rings (SSSR count). The molecule has 0 saturated heterocycles. The number of carbonyl (C=O) groups is 1. The van der Waals surface area contributed by atoms with Gasteiger partial charge in [0.05, 0.1) is 18.1 Å². The smallest absolute Gasteiger partial charge is 0.481 e. The van der Waals surface area contributed by atoms with Gasteiger partial charge in [-0.3, -0.25) is 4.79 Å². The number of hydrogen-bond acceptors (Lipinski definition) is 3. The molecule has 0 unspecified atom stereocenters. The van der Waals surface area contributed by atoms with Crippen LogP contribution in [0.15, 0.2) is 12.1 Å². The van der Waals surface area contributed by atoms with Gasteiger partial charge in [0.15, 0.2) is 0 Å². The molecule has 0 atom stereocenters. The highest BCUT2D eigenvalue weighted by atomic mass is 19.4. The van der Waals surface area contributed by atoms with E-state index in [-0.39, 0.29) is 16.7 Å². The summed E-state index contributed by atoms with van der Waals surface area (Å²) in [6.45, 7) is 1.31. The Bertz CT molecular complexity index is 517. The van der Waals surface area contributed by atoms with Crippen molar-refractivity contribution in [3.05, 3.63) is 28.8 Å². The quantitative estimate of drug-likeness (QED) is 0.904. The number of nitrogens with zero attached hydrogens (tertiary/aromatic N) is 1. The lowest BCUT2D eigenvalue weighted by Gasteiger charge is -2.15. The summed E-state index contributed by atoms with van der Waals surface area (Å²) in [5, 5.41) is 17.3. The number of aliphatic carboxylic acids is 1. The van der Waals surface area contributed by atoms with Gasteiger partial charge < -0.3 is 9.84 Å². The number of aryl methyl sites for hydroxylation is 1. The van der Waals surface area contributed by atoms with Crippen molar-refractivity contribution in [3.63, 3.8) is 0 Å². The van der Waals surface area contributed by atoms with Gasteiger partial charge in [0.25, 0.3) is 0 Å². The summed E-state index contributed by atoms with van der Waals surface area (Å²) in [6.07, 6.45) is -5.56. The Hall–Kier alpha value is -2.23. The molecule has 4 nitrogen and oxygen atoms in total. The first kappa shape index (κ1) is 13.8. The Morgan fingerprint density at radius 1 is 1.50 bits per heavy atom. The molecule has 0 aliphatic heterocycles. The molecule has 0 spiro atoms. The fourth-order valence-electron chi connectivity index (χ4n) is 1.47. The number of ether oxygens (including phenoxy) is 1. The Kier molecular flexibility index (Phi) is 3.81. The molecule has 0 aromatic heterocycles. The van der Waals surface area contributed by atoms with Crippen LogP contribution in [0, 0.1) is 18.3 Å². The van der Waals surface area contributed by atoms with Crippen LogP contribution >= 0.6 is 0 Å². The number of rotatable bonds is 3. The summed E-state index contributed by atoms with van der Waals surface area (Å²) in [4.78, 5) is 10.6. The number of carboxylic acids is 1. The van der Waals surface area contributed by atoms with E-state index in [0.29, 0.717) is 0 Å². The molecule has 0 fully saturated rings. The van der Waals surface area contributed by atoms with E-state index in [2.05, 4.69) is 4.74 Å². The highest BCUT2D eigenvalue weighted by molar-refractivity contribution is 5.72. The van der Waals surface area contributed by atoms with E-state index in [1.54, 1.807) is 6.07 Å². The molecule has 0 bridgehead atoms. The minimum Gasteiger partial charge on any atom is -0.481 e. The lowest BCUT2D eigenvalue weighted by molar-refractivity contribution is -0.275. The standard InChI is InChI=1S/C11H8F3NO3/c1-6-2-7(5-15)3-8(4-9(16)17)10(6)18-11(12,13)14/h2-3H,4H2,1H3,(H,16,17). The summed E-state index contributed by atoms with van der Waals surface area (Å²) in [5.41, 5.74) is -0.0442. The first-order chi connectivity index (χ1) is 8.23. The molecule has 1 aromatic rings. The second kappa shape index (κ2) is 4.96. The van der Waals surface area contributed by atoms with Gasteiger partial charge in [-0.2, -0.15) is 5.26 Å². The van der Waals surface area contributed by atoms with E-state index in [1.807, 2.05) is 0 Å². The summed E-state index contributed by atoms with van der Waals surface area (Å²) in [7, 11) is 0. The molecule has 1 N–H and O–H groups in total. The molecule has 96 valence electrons. The van der Waals surface area contributed by atoms with Crippen LogP contribution in [0.4, 0.5) is 13.2 Å². The molecule has 1 aromatic carbocycles. The zero-order valence-corrected chi connectivity index (χ0v) is 9.21. The molecule has 0 heterocycles. The van der Waals surface area contributed by atoms with Gasteiger partial charge in [-0.15, -0.1) is 13.2 Å². The Morgan fingerprint density at radius 2 is 2.11 bits per heavy atom. The first-order valence-corrected chi connectivity index (χ1v) is 4.74. The van der Waals surface area contributed by atoms with Gasteiger partial charge in [-0.1, -0.05) is 0 Å². The molecule has 7 heteroatoms. The van der Waals surface area contributed by atoms with E-state index in [1.165, 1.54) is 13.0 Å². The van der Waals surface area contributed by atoms with Crippen molar-refractivity contribution in [3.8, 4) is 11.8 Å². The highest BCUT2D eigenvalue weighted by Gasteiger charge is 2.33. The predicted molar refractivity (Wildman–Crippen MR) is 53.9 cm³/mol. The molecule has 0 aliphatic carbocycles. The zero-order valence-electron chi connectivity index (χ0n) is 9.21. The number of alkyl halides is 3. The van der Waals surface area contributed by atoms with Crippen LogP contribution in [0.1, 0.15) is 16.7 Å². The number of benzene rings is 1. The Labute approximate surface area is 100 Å². The van der Waals surface area contributed by atoms with Gasteiger partial charge in [0, 0.05) is 5.56 Å². The molecule has 0 aliphatic rings. The zero-order chi connectivity index (χ0) is 13.9. The van der Waals surface area contributed by atoms with Gasteiger partial charge in [-0.25, -0.2) is 0 Å². The lowest BCUT2D eigenvalue weighted by atomic mass is 10.0. The first-order valence-electron chi connectivity index (χ1n) is 4.74. The van der Waals surface area contributed by atoms with Crippen LogP contribution in [0.3, 0.4) is 0 Å². The normalized spacial score (nSPS) is 10.8. The molecular formula is C11H8F3NO3. The fraction of sp³-hybridized carbons (Fsp3) is 0.273. The maximum atomic E-state index is 12.2. The molecular weight excluding hydrogens is 251 g/mol. The SMILES string of the molecule is Cc1cc(C#N)cc(CC(=O)O)c1OC(F)(F)F. The largest absolute Gasteiger partial charge is 0.573 e. The van der Waals surface area contributed by atoms with Gasteiger partial charge >= 0.3 is 12.3 Å². The van der Waals surface area contributed by atoms with Crippen LogP contribution in [0.25, 0.3) is 0 Å². The van der Waals surface area contributed by atoms with Crippen molar-refractivity contribution in [2.24, 2.45) is 0 Å². The van der Waals surface area contributed by atoms with E-state index in [4.69, 9.17) is 10.4 Å². The number of carboxylic acid groups (broad SMARTS) is 1. The van der Waals surface area contributed by atoms with Crippen molar-refractivity contribution in [1.82, 2.24) is 0 Å². The van der Waals surface area contributed by atoms with Crippen molar-refractivity contribution in [2.75, 3.05) is 0 Å². The second-order valence-electron chi connectivity index (χ2n) is 3.51. The molecule has 0 amide bonds. The van der Waals surface area contributed by atoms with Gasteiger partial charge in [-0.05, 0) is 24.6 Å². The monoisotopic (exact) mass is 259 g/mol. The Morgan fingerprint density at radius 3 is 2.56 bits per heavy atom. The van der Waals surface area contributed by atoms with E-state index < -0.39 is 24.5 Å². The molecule has 0 saturated carbocycles. The van der Waals surface area contributed by atoms with Crippen LogP contribution in [0.2, 0.25) is 0 Å². The highest BCUT2D eigenvalue weighted by Crippen LogP contribution is 2.31. The van der Waals surface area contributed by atoms with Crippen molar-refractivity contribution >= 4 is 5.97 Å². The second-order valence-corrected chi connectivity index (χ2v) is 3.51. The minimum absolute atomic E-state index is 0.0580. The fourth-order valence-corrected chi connectivity index (χ4v) is 1.47. The summed E-state index contributed by atoms with van der Waals surface area (Å²) >= 11 is 0. The van der Waals surface area contributed by atoms with E-state index in [0.717, 1.165) is 6.07 Å². The predicted octanol–water partition coefficient (Wildman–Crippen LogP) is 2.39. The van der Waals surface area contributed by atoms with E-state index in [9.17, 15) is 18.0 Å². The maximum Gasteiger partial charge on any atom is 0.573 e. The molecule has 0 radical (unpaired) electrons. The van der Waals surface area contributed by atoms with Crippen molar-refractivity contribution in [1.29, 1.82) is 5.26 Å². The third kappa shape index (κ3) is 3.66. The summed E-state index contributed by atoms with van der Waals surface area (Å²) < 4.78 is 40.4. The van der Waals surface area contributed by atoms with Gasteiger partial charge in [0.2, 0.25) is 0 Å². The maximum absolute atomic E-state index is 12.2. The van der Waals surface area contributed by atoms with Crippen molar-refractivity contribution < 1.29 is 27.8 Å². The van der Waals surface area contributed by atoms with Crippen LogP contribution in [0.5, 0.6) is 5.75 Å². The van der Waals surface area contributed by atoms with E-state index >= 15 is 0 Å². The summed E-state index contributed by atoms with van der Waals surface area (Å²) in [6, 6.07) is 4.01. The van der Waals surface area contributed by atoms with Crippen LogP contribution in [-0.4, -0.2) is 17.4 Å². The average Bonchev–Trinajstić information content (AvgIpc) is 2.20. The van der Waals surface area contributed by atoms with Gasteiger partial charge in [0.1, 0.15) is 5.75 Å². The van der Waals surface area contributed by atoms with Crippen LogP contribution in [-0.2, 0) is 11.2 Å². The Balaban J connectivity index is 3.29. The number of hydrogen-bond donors (Lipinski definition) is 1. The van der Waals surface area contributed by atoms with Crippen molar-refractivity contribution in [2.45, 2.75) is 19.7 Å². The third-order valence-corrected chi connectivity index (χ3v) is 2.04. The topological polar surface area (TPSA) is 70.3 Å². The third-order valence-electron chi connectivity index (χ3n) is 2.04. The molecule has 18 heavy (non-hydrogen) atoms. The van der Waals surface area contributed by atoms with Crippen LogP contribution < -0.4 is 4.74 Å². The number of halogens is 3. The number of nitriles is 1.